The van der Waals surface area contributed by atoms with Crippen molar-refractivity contribution in [3.63, 3.8) is 0 Å². The Morgan fingerprint density at radius 1 is 1.23 bits per heavy atom. The monoisotopic (exact) mass is 434 g/mol. The third kappa shape index (κ3) is 3.68. The molecular formula is C24H23ClN4O2. The van der Waals surface area contributed by atoms with Gasteiger partial charge >= 0.3 is 0 Å². The van der Waals surface area contributed by atoms with Gasteiger partial charge < -0.3 is 14.3 Å². The zero-order valence-corrected chi connectivity index (χ0v) is 18.2. The molecule has 0 atom stereocenters. The molecule has 6 nitrogen and oxygen atoms in total. The van der Waals surface area contributed by atoms with Gasteiger partial charge in [-0.1, -0.05) is 23.7 Å². The molecule has 0 saturated heterocycles. The summed E-state index contributed by atoms with van der Waals surface area (Å²) in [6.07, 6.45) is 5.66. The van der Waals surface area contributed by atoms with Crippen molar-refractivity contribution in [1.29, 1.82) is 0 Å². The van der Waals surface area contributed by atoms with E-state index < -0.39 is 0 Å². The first-order valence-electron chi connectivity index (χ1n) is 10.3. The molecule has 0 bridgehead atoms. The summed E-state index contributed by atoms with van der Waals surface area (Å²) in [7, 11) is 1.96. The van der Waals surface area contributed by atoms with Crippen LogP contribution in [0.15, 0.2) is 53.2 Å². The fourth-order valence-corrected chi connectivity index (χ4v) is 4.30. The van der Waals surface area contributed by atoms with Crippen molar-refractivity contribution in [2.75, 3.05) is 0 Å². The van der Waals surface area contributed by atoms with Crippen molar-refractivity contribution >= 4 is 17.5 Å². The number of aromatic nitrogens is 3. The number of hydrogen-bond acceptors (Lipinski definition) is 3. The summed E-state index contributed by atoms with van der Waals surface area (Å²) in [6.45, 7) is 3.06. The molecule has 1 aromatic carbocycles. The maximum atomic E-state index is 12.8. The Bertz CT molecular complexity index is 1260. The molecule has 1 aliphatic rings. The van der Waals surface area contributed by atoms with Gasteiger partial charge in [-0.15, -0.1) is 0 Å². The van der Waals surface area contributed by atoms with E-state index >= 15 is 0 Å². The number of fused-ring (bicyclic) bond motifs is 3. The lowest BCUT2D eigenvalue weighted by atomic mass is 9.93. The molecule has 0 fully saturated rings. The van der Waals surface area contributed by atoms with Crippen molar-refractivity contribution in [2.24, 2.45) is 7.05 Å². The molecule has 3 aromatic heterocycles. The number of benzene rings is 1. The van der Waals surface area contributed by atoms with E-state index in [1.54, 1.807) is 0 Å². The normalized spacial score (nSPS) is 12.5. The van der Waals surface area contributed by atoms with Crippen LogP contribution in [0.4, 0.5) is 0 Å². The summed E-state index contributed by atoms with van der Waals surface area (Å²) in [5.74, 6) is 1.01. The van der Waals surface area contributed by atoms with Gasteiger partial charge in [-0.2, -0.15) is 5.10 Å². The van der Waals surface area contributed by atoms with Gasteiger partial charge in [-0.3, -0.25) is 9.48 Å². The van der Waals surface area contributed by atoms with Gasteiger partial charge in [0, 0.05) is 47.7 Å². The molecule has 1 aliphatic carbocycles. The summed E-state index contributed by atoms with van der Waals surface area (Å²) in [5.41, 5.74) is 6.07. The number of nitrogens with zero attached hydrogens (tertiary/aromatic N) is 3. The largest absolute Gasteiger partial charge is 0.455 e. The van der Waals surface area contributed by atoms with E-state index in [1.165, 1.54) is 5.56 Å². The van der Waals surface area contributed by atoms with Gasteiger partial charge in [0.15, 0.2) is 5.76 Å². The molecule has 0 radical (unpaired) electrons. The van der Waals surface area contributed by atoms with Crippen molar-refractivity contribution in [1.82, 2.24) is 19.7 Å². The smallest absolute Gasteiger partial charge is 0.287 e. The Hall–Kier alpha value is -3.25. The molecule has 0 saturated carbocycles. The van der Waals surface area contributed by atoms with E-state index in [0.29, 0.717) is 18.8 Å². The van der Waals surface area contributed by atoms with Crippen LogP contribution >= 0.6 is 11.6 Å². The summed E-state index contributed by atoms with van der Waals surface area (Å²) in [6, 6.07) is 11.7. The highest BCUT2D eigenvalue weighted by atomic mass is 35.5. The fourth-order valence-electron chi connectivity index (χ4n) is 4.17. The van der Waals surface area contributed by atoms with Crippen molar-refractivity contribution < 1.29 is 9.21 Å². The van der Waals surface area contributed by atoms with E-state index in [-0.39, 0.29) is 5.91 Å². The highest BCUT2D eigenvalue weighted by Gasteiger charge is 2.29. The highest BCUT2D eigenvalue weighted by Crippen LogP contribution is 2.38. The molecule has 0 aliphatic heterocycles. The lowest BCUT2D eigenvalue weighted by Crippen LogP contribution is -2.24. The summed E-state index contributed by atoms with van der Waals surface area (Å²) < 4.78 is 9.95. The van der Waals surface area contributed by atoms with Gasteiger partial charge in [0.05, 0.1) is 18.8 Å². The zero-order valence-electron chi connectivity index (χ0n) is 17.5. The highest BCUT2D eigenvalue weighted by molar-refractivity contribution is 6.30. The molecule has 31 heavy (non-hydrogen) atoms. The topological polar surface area (TPSA) is 65.0 Å². The summed E-state index contributed by atoms with van der Waals surface area (Å²) in [4.78, 5) is 12.8. The van der Waals surface area contributed by atoms with Gasteiger partial charge in [-0.05, 0) is 48.7 Å². The average molecular weight is 435 g/mol. The molecule has 1 amide bonds. The van der Waals surface area contributed by atoms with Crippen LogP contribution in [0.2, 0.25) is 5.02 Å². The fraction of sp³-hybridized carbons (Fsp3) is 0.250. The number of rotatable bonds is 5. The number of amides is 1. The maximum absolute atomic E-state index is 12.8. The van der Waals surface area contributed by atoms with Crippen LogP contribution in [0.5, 0.6) is 0 Å². The van der Waals surface area contributed by atoms with Gasteiger partial charge in [0.25, 0.3) is 5.91 Å². The molecule has 0 spiro atoms. The molecular weight excluding hydrogens is 412 g/mol. The zero-order chi connectivity index (χ0) is 21.5. The Balaban J connectivity index is 1.39. The lowest BCUT2D eigenvalue weighted by Gasteiger charge is -2.09. The van der Waals surface area contributed by atoms with Crippen LogP contribution in [0.3, 0.4) is 0 Å². The van der Waals surface area contributed by atoms with Gasteiger partial charge in [0.2, 0.25) is 0 Å². The van der Waals surface area contributed by atoms with E-state index in [9.17, 15) is 4.79 Å². The van der Waals surface area contributed by atoms with E-state index in [1.807, 2.05) is 65.8 Å². The second-order valence-corrected chi connectivity index (χ2v) is 8.41. The SMILES string of the molecule is Cc1c(C(=O)NCc2cccn2C)oc2c1-c1nn(Cc3ccc(Cl)cc3)cc1CC2. The third-order valence-corrected chi connectivity index (χ3v) is 6.11. The second kappa shape index (κ2) is 7.78. The Labute approximate surface area is 185 Å². The van der Waals surface area contributed by atoms with Crippen LogP contribution in [0, 0.1) is 6.92 Å². The van der Waals surface area contributed by atoms with Crippen LogP contribution < -0.4 is 5.32 Å². The standard InChI is InChI=1S/C24H23ClN4O2/c1-15-21-20(31-23(15)24(30)26-12-19-4-3-11-28(19)2)10-7-17-14-29(27-22(17)21)13-16-5-8-18(25)9-6-16/h3-6,8-9,11,14H,7,10,12-13H2,1-2H3,(H,26,30). The molecule has 158 valence electrons. The Kier molecular flexibility index (Phi) is 4.94. The first-order valence-corrected chi connectivity index (χ1v) is 10.7. The maximum Gasteiger partial charge on any atom is 0.287 e. The quantitative estimate of drug-likeness (QED) is 0.502. The lowest BCUT2D eigenvalue weighted by molar-refractivity contribution is 0.0919. The number of furan rings is 1. The van der Waals surface area contributed by atoms with E-state index in [2.05, 4.69) is 11.5 Å². The van der Waals surface area contributed by atoms with Crippen molar-refractivity contribution in [2.45, 2.75) is 32.9 Å². The number of carbonyl (C=O) groups is 1. The molecule has 0 unspecified atom stereocenters. The molecule has 1 N–H and O–H groups in total. The van der Waals surface area contributed by atoms with Crippen molar-refractivity contribution in [3.05, 3.63) is 87.7 Å². The number of carbonyl (C=O) groups excluding carboxylic acids is 1. The summed E-state index contributed by atoms with van der Waals surface area (Å²) >= 11 is 5.99. The molecule has 7 heteroatoms. The van der Waals surface area contributed by atoms with E-state index in [4.69, 9.17) is 21.1 Å². The second-order valence-electron chi connectivity index (χ2n) is 7.97. The van der Waals surface area contributed by atoms with Gasteiger partial charge in [-0.25, -0.2) is 0 Å². The summed E-state index contributed by atoms with van der Waals surface area (Å²) in [5, 5.41) is 8.52. The molecule has 3 heterocycles. The van der Waals surface area contributed by atoms with Crippen LogP contribution in [0.1, 0.15) is 38.7 Å². The first-order chi connectivity index (χ1) is 15.0. The Morgan fingerprint density at radius 3 is 2.77 bits per heavy atom. The predicted molar refractivity (Wildman–Crippen MR) is 119 cm³/mol. The minimum Gasteiger partial charge on any atom is -0.455 e. The molecule has 4 aromatic rings. The first kappa shape index (κ1) is 19.7. The van der Waals surface area contributed by atoms with Crippen LogP contribution in [-0.4, -0.2) is 20.3 Å². The predicted octanol–water partition coefficient (Wildman–Crippen LogP) is 4.52. The van der Waals surface area contributed by atoms with Crippen LogP contribution in [-0.2, 0) is 33.0 Å². The third-order valence-electron chi connectivity index (χ3n) is 5.86. The molecule has 5 rings (SSSR count). The number of aryl methyl sites for hydroxylation is 3. The average Bonchev–Trinajstić information content (AvgIpc) is 3.44. The number of hydrogen-bond donors (Lipinski definition) is 1. The number of halogens is 1. The Morgan fingerprint density at radius 2 is 2.03 bits per heavy atom. The minimum absolute atomic E-state index is 0.199. The minimum atomic E-state index is -0.199. The number of nitrogens with one attached hydrogen (secondary N) is 1. The van der Waals surface area contributed by atoms with Crippen LogP contribution in [0.25, 0.3) is 11.3 Å². The van der Waals surface area contributed by atoms with Crippen molar-refractivity contribution in [3.8, 4) is 11.3 Å². The van der Waals surface area contributed by atoms with Gasteiger partial charge in [0.1, 0.15) is 5.76 Å². The van der Waals surface area contributed by atoms with E-state index in [0.717, 1.165) is 51.7 Å².